The molecule has 0 bridgehead atoms. The molecule has 1 aliphatic rings. The van der Waals surface area contributed by atoms with Crippen molar-refractivity contribution in [2.75, 3.05) is 5.73 Å². The molecule has 0 unspecified atom stereocenters. The second-order valence-electron chi connectivity index (χ2n) is 4.37. The van der Waals surface area contributed by atoms with E-state index in [4.69, 9.17) is 17.3 Å². The third-order valence-electron chi connectivity index (χ3n) is 3.08. The largest absolute Gasteiger partial charge is 0.398 e. The van der Waals surface area contributed by atoms with Crippen LogP contribution in [0.1, 0.15) is 31.2 Å². The molecule has 3 amide bonds. The normalized spacial score (nSPS) is 13.5. The molecule has 1 aliphatic heterocycles. The highest BCUT2D eigenvalue weighted by Crippen LogP contribution is 2.28. The van der Waals surface area contributed by atoms with E-state index in [9.17, 15) is 14.4 Å². The third-order valence-corrected chi connectivity index (χ3v) is 3.29. The van der Waals surface area contributed by atoms with Crippen LogP contribution >= 0.6 is 11.6 Å². The highest BCUT2D eigenvalue weighted by atomic mass is 35.5. The van der Waals surface area contributed by atoms with Gasteiger partial charge in [0, 0.05) is 5.69 Å². The van der Waals surface area contributed by atoms with Crippen LogP contribution in [0, 0.1) is 0 Å². The summed E-state index contributed by atoms with van der Waals surface area (Å²) in [4.78, 5) is 41.2. The number of carbonyl (C=O) groups excluding carboxylic acids is 3. The maximum Gasteiger partial charge on any atom is 0.286 e. The first-order chi connectivity index (χ1) is 10.0. The molecule has 1 aromatic heterocycles. The van der Waals surface area contributed by atoms with Crippen molar-refractivity contribution in [3.8, 4) is 0 Å². The Kier molecular flexibility index (Phi) is 2.95. The van der Waals surface area contributed by atoms with Gasteiger partial charge in [-0.05, 0) is 24.3 Å². The molecule has 21 heavy (non-hydrogen) atoms. The van der Waals surface area contributed by atoms with E-state index in [-0.39, 0.29) is 27.7 Å². The minimum atomic E-state index is -0.830. The van der Waals surface area contributed by atoms with E-state index >= 15 is 0 Å². The summed E-state index contributed by atoms with van der Waals surface area (Å²) in [7, 11) is 0. The van der Waals surface area contributed by atoms with Gasteiger partial charge in [0.25, 0.3) is 17.7 Å². The topological polar surface area (TPSA) is 93.4 Å². The molecule has 0 saturated carbocycles. The maximum absolute atomic E-state index is 12.3. The lowest BCUT2D eigenvalue weighted by atomic mass is 10.1. The van der Waals surface area contributed by atoms with Crippen molar-refractivity contribution < 1.29 is 14.4 Å². The Morgan fingerprint density at radius 1 is 1.10 bits per heavy atom. The van der Waals surface area contributed by atoms with Crippen LogP contribution in [0.25, 0.3) is 0 Å². The number of rotatable bonds is 1. The van der Waals surface area contributed by atoms with Crippen LogP contribution < -0.4 is 5.73 Å². The SMILES string of the molecule is Nc1cccc2c1C(=O)N(C(=O)c1cccc(Cl)n1)C2=O. The number of nitrogens with zero attached hydrogens (tertiary/aromatic N) is 2. The molecule has 7 heteroatoms. The number of fused-ring (bicyclic) bond motifs is 1. The quantitative estimate of drug-likeness (QED) is 0.492. The van der Waals surface area contributed by atoms with E-state index < -0.39 is 17.7 Å². The Hall–Kier alpha value is -2.73. The van der Waals surface area contributed by atoms with Crippen LogP contribution in [0.15, 0.2) is 36.4 Å². The Morgan fingerprint density at radius 2 is 1.81 bits per heavy atom. The third kappa shape index (κ3) is 1.96. The van der Waals surface area contributed by atoms with Crippen LogP contribution in [0.2, 0.25) is 5.15 Å². The van der Waals surface area contributed by atoms with Gasteiger partial charge in [0.05, 0.1) is 11.1 Å². The van der Waals surface area contributed by atoms with E-state index in [1.165, 1.54) is 30.3 Å². The number of nitrogen functional groups attached to an aromatic ring is 1. The second kappa shape index (κ2) is 4.68. The van der Waals surface area contributed by atoms with Crippen LogP contribution in [-0.2, 0) is 0 Å². The number of hydrogen-bond acceptors (Lipinski definition) is 5. The van der Waals surface area contributed by atoms with Gasteiger partial charge in [0.15, 0.2) is 0 Å². The van der Waals surface area contributed by atoms with Crippen molar-refractivity contribution in [2.24, 2.45) is 0 Å². The molecule has 0 fully saturated rings. The van der Waals surface area contributed by atoms with Gasteiger partial charge < -0.3 is 5.73 Å². The first-order valence-electron chi connectivity index (χ1n) is 5.95. The molecule has 0 atom stereocenters. The number of imide groups is 3. The molecule has 3 rings (SSSR count). The van der Waals surface area contributed by atoms with Gasteiger partial charge in [-0.3, -0.25) is 14.4 Å². The van der Waals surface area contributed by atoms with Gasteiger partial charge in [0.2, 0.25) is 0 Å². The molecule has 6 nitrogen and oxygen atoms in total. The molecule has 0 radical (unpaired) electrons. The summed E-state index contributed by atoms with van der Waals surface area (Å²) in [5.74, 6) is -2.29. The fraction of sp³-hybridized carbons (Fsp3) is 0. The summed E-state index contributed by atoms with van der Waals surface area (Å²) in [6.07, 6.45) is 0. The van der Waals surface area contributed by atoms with Crippen molar-refractivity contribution >= 4 is 35.0 Å². The predicted molar refractivity (Wildman–Crippen MR) is 74.9 cm³/mol. The van der Waals surface area contributed by atoms with Crippen molar-refractivity contribution in [3.05, 3.63) is 58.4 Å². The number of amides is 3. The number of hydrogen-bond donors (Lipinski definition) is 1. The molecule has 0 saturated heterocycles. The summed E-state index contributed by atoms with van der Waals surface area (Å²) >= 11 is 5.71. The summed E-state index contributed by atoms with van der Waals surface area (Å²) < 4.78 is 0. The van der Waals surface area contributed by atoms with Gasteiger partial charge in [0.1, 0.15) is 10.8 Å². The summed E-state index contributed by atoms with van der Waals surface area (Å²) in [5, 5.41) is 0.0944. The standard InChI is InChI=1S/C14H8ClN3O3/c15-10-6-2-5-9(17-10)13(20)18-12(19)7-3-1-4-8(16)11(7)14(18)21/h1-6H,16H2. The smallest absolute Gasteiger partial charge is 0.286 e. The van der Waals surface area contributed by atoms with Gasteiger partial charge in [-0.1, -0.05) is 23.7 Å². The number of anilines is 1. The molecule has 1 aromatic carbocycles. The van der Waals surface area contributed by atoms with Gasteiger partial charge in [-0.2, -0.15) is 0 Å². The summed E-state index contributed by atoms with van der Waals surface area (Å²) in [6.45, 7) is 0. The summed E-state index contributed by atoms with van der Waals surface area (Å²) in [6, 6.07) is 8.86. The van der Waals surface area contributed by atoms with E-state index in [2.05, 4.69) is 4.98 Å². The highest BCUT2D eigenvalue weighted by Gasteiger charge is 2.41. The van der Waals surface area contributed by atoms with Crippen molar-refractivity contribution in [1.82, 2.24) is 9.88 Å². The van der Waals surface area contributed by atoms with Crippen LogP contribution in [0.3, 0.4) is 0 Å². The zero-order chi connectivity index (χ0) is 15.1. The number of pyridine rings is 1. The average Bonchev–Trinajstić information content (AvgIpc) is 2.71. The number of benzene rings is 1. The highest BCUT2D eigenvalue weighted by molar-refractivity contribution is 6.33. The van der Waals surface area contributed by atoms with Crippen molar-refractivity contribution in [1.29, 1.82) is 0 Å². The zero-order valence-corrected chi connectivity index (χ0v) is 11.3. The Labute approximate surface area is 124 Å². The molecule has 2 aromatic rings. The lowest BCUT2D eigenvalue weighted by molar-refractivity contribution is 0.0563. The lowest BCUT2D eigenvalue weighted by Gasteiger charge is -2.11. The fourth-order valence-corrected chi connectivity index (χ4v) is 2.30. The average molecular weight is 302 g/mol. The first kappa shape index (κ1) is 13.3. The minimum absolute atomic E-state index is 0.0397. The second-order valence-corrected chi connectivity index (χ2v) is 4.75. The van der Waals surface area contributed by atoms with E-state index in [1.54, 1.807) is 6.07 Å². The van der Waals surface area contributed by atoms with Gasteiger partial charge in [-0.25, -0.2) is 9.88 Å². The molecule has 0 spiro atoms. The van der Waals surface area contributed by atoms with E-state index in [0.717, 1.165) is 0 Å². The van der Waals surface area contributed by atoms with Gasteiger partial charge >= 0.3 is 0 Å². The van der Waals surface area contributed by atoms with Crippen LogP contribution in [0.5, 0.6) is 0 Å². The molecule has 0 aliphatic carbocycles. The fourth-order valence-electron chi connectivity index (χ4n) is 2.14. The molecular weight excluding hydrogens is 294 g/mol. The van der Waals surface area contributed by atoms with Crippen LogP contribution in [-0.4, -0.2) is 27.6 Å². The number of carbonyl (C=O) groups is 3. The molecule has 104 valence electrons. The zero-order valence-electron chi connectivity index (χ0n) is 10.5. The maximum atomic E-state index is 12.3. The lowest BCUT2D eigenvalue weighted by Crippen LogP contribution is -2.36. The minimum Gasteiger partial charge on any atom is -0.398 e. The number of aromatic nitrogens is 1. The number of halogens is 1. The van der Waals surface area contributed by atoms with Crippen molar-refractivity contribution in [3.63, 3.8) is 0 Å². The van der Waals surface area contributed by atoms with Crippen molar-refractivity contribution in [2.45, 2.75) is 0 Å². The van der Waals surface area contributed by atoms with Crippen LogP contribution in [0.4, 0.5) is 5.69 Å². The van der Waals surface area contributed by atoms with E-state index in [0.29, 0.717) is 4.90 Å². The molecule has 2 N–H and O–H groups in total. The van der Waals surface area contributed by atoms with E-state index in [1.807, 2.05) is 0 Å². The Bertz CT molecular complexity index is 804. The predicted octanol–water partition coefficient (Wildman–Crippen LogP) is 1.75. The Balaban J connectivity index is 2.06. The Morgan fingerprint density at radius 3 is 2.48 bits per heavy atom. The first-order valence-corrected chi connectivity index (χ1v) is 6.32. The number of nitrogens with two attached hydrogens (primary N) is 1. The summed E-state index contributed by atoms with van der Waals surface area (Å²) in [5.41, 5.74) is 5.91. The van der Waals surface area contributed by atoms with Gasteiger partial charge in [-0.15, -0.1) is 0 Å². The molecule has 2 heterocycles. The molecular formula is C14H8ClN3O3. The monoisotopic (exact) mass is 301 g/mol.